The molecule has 0 atom stereocenters. The molecule has 1 aromatic carbocycles. The summed E-state index contributed by atoms with van der Waals surface area (Å²) in [5, 5.41) is 5.32. The molecule has 0 radical (unpaired) electrons. The van der Waals surface area contributed by atoms with Crippen molar-refractivity contribution in [2.45, 2.75) is 0 Å². The zero-order valence-corrected chi connectivity index (χ0v) is 13.3. The van der Waals surface area contributed by atoms with E-state index in [4.69, 9.17) is 16.3 Å². The monoisotopic (exact) mass is 333 g/mol. The number of hydrogen-bond donors (Lipinski definition) is 2. The van der Waals surface area contributed by atoms with E-state index >= 15 is 0 Å². The molecule has 1 aromatic heterocycles. The maximum Gasteiger partial charge on any atom is 0.295 e. The molecule has 2 aromatic rings. The maximum absolute atomic E-state index is 11.9. The zero-order chi connectivity index (χ0) is 16.1. The number of carbonyl (C=O) groups is 1. The number of nitrogens with zero attached hydrogens (tertiary/aromatic N) is 2. The van der Waals surface area contributed by atoms with Crippen molar-refractivity contribution in [1.29, 1.82) is 0 Å². The molecule has 6 nitrogen and oxygen atoms in total. The normalized spacial score (nSPS) is 16.0. The van der Waals surface area contributed by atoms with Crippen LogP contribution in [0.1, 0.15) is 5.56 Å². The van der Waals surface area contributed by atoms with Gasteiger partial charge in [-0.15, -0.1) is 0 Å². The third kappa shape index (κ3) is 4.25. The molecular weight excluding hydrogens is 316 g/mol. The number of carbonyl (C=O) groups excluding carboxylic acids is 1. The van der Waals surface area contributed by atoms with Gasteiger partial charge in [0.1, 0.15) is 18.2 Å². The first-order valence-corrected chi connectivity index (χ1v) is 7.89. The van der Waals surface area contributed by atoms with Crippen molar-refractivity contribution in [2.24, 2.45) is 5.10 Å². The predicted molar refractivity (Wildman–Crippen MR) is 88.9 cm³/mol. The van der Waals surface area contributed by atoms with E-state index in [1.165, 1.54) is 11.1 Å². The topological polar surface area (TPSA) is 68.0 Å². The van der Waals surface area contributed by atoms with Crippen LogP contribution >= 0.6 is 11.6 Å². The van der Waals surface area contributed by atoms with E-state index in [-0.39, 0.29) is 5.91 Å². The van der Waals surface area contributed by atoms with Gasteiger partial charge in [-0.05, 0) is 12.1 Å². The van der Waals surface area contributed by atoms with Crippen molar-refractivity contribution in [3.05, 3.63) is 41.0 Å². The summed E-state index contributed by atoms with van der Waals surface area (Å²) in [6.45, 7) is 3.48. The third-order valence-electron chi connectivity index (χ3n) is 3.71. The molecule has 0 aliphatic carbocycles. The number of nitrogens with one attached hydrogen (secondary N) is 2. The molecule has 0 bridgehead atoms. The van der Waals surface area contributed by atoms with Crippen LogP contribution in [0.2, 0.25) is 5.15 Å². The summed E-state index contributed by atoms with van der Waals surface area (Å²) < 4.78 is 5.26. The number of fused-ring (bicyclic) bond motifs is 1. The van der Waals surface area contributed by atoms with Gasteiger partial charge in [0, 0.05) is 10.9 Å². The van der Waals surface area contributed by atoms with Crippen molar-refractivity contribution < 1.29 is 14.4 Å². The van der Waals surface area contributed by atoms with Crippen LogP contribution in [0.3, 0.4) is 0 Å². The minimum atomic E-state index is -0.122. The lowest BCUT2D eigenvalue weighted by molar-refractivity contribution is -0.900. The van der Waals surface area contributed by atoms with Crippen LogP contribution in [-0.4, -0.2) is 50.0 Å². The van der Waals surface area contributed by atoms with Gasteiger partial charge in [0.25, 0.3) is 5.91 Å². The molecule has 0 spiro atoms. The molecule has 2 N–H and O–H groups in total. The summed E-state index contributed by atoms with van der Waals surface area (Å²) in [6.07, 6.45) is 1.52. The lowest BCUT2D eigenvalue weighted by Gasteiger charge is -2.22. The number of hydrazone groups is 1. The predicted octanol–water partition coefficient (Wildman–Crippen LogP) is 0.253. The molecule has 1 saturated heterocycles. The average Bonchev–Trinajstić information content (AvgIpc) is 2.56. The number of benzene rings is 1. The lowest BCUT2D eigenvalue weighted by Crippen LogP contribution is -3.15. The number of para-hydroxylation sites is 1. The van der Waals surface area contributed by atoms with E-state index < -0.39 is 0 Å². The summed E-state index contributed by atoms with van der Waals surface area (Å²) in [4.78, 5) is 17.4. The summed E-state index contributed by atoms with van der Waals surface area (Å²) >= 11 is 6.14. The highest BCUT2D eigenvalue weighted by Crippen LogP contribution is 2.18. The Morgan fingerprint density at radius 3 is 3.00 bits per heavy atom. The Morgan fingerprint density at radius 2 is 2.17 bits per heavy atom. The second kappa shape index (κ2) is 7.50. The first-order valence-electron chi connectivity index (χ1n) is 7.51. The van der Waals surface area contributed by atoms with Crippen LogP contribution in [0.15, 0.2) is 35.4 Å². The van der Waals surface area contributed by atoms with E-state index in [2.05, 4.69) is 15.5 Å². The highest BCUT2D eigenvalue weighted by Gasteiger charge is 2.17. The standard InChI is InChI=1S/C16H17ClN4O2/c17-16-13(9-12-3-1-2-4-14(12)19-16)10-18-20-15(22)11-21-5-7-23-8-6-21/h1-4,9-10H,5-8,11H2,(H,20,22)/p+1. The molecule has 7 heteroatoms. The second-order valence-electron chi connectivity index (χ2n) is 5.39. The SMILES string of the molecule is O=C(C[NH+]1CCOCC1)NN=Cc1cc2ccccc2nc1Cl. The van der Waals surface area contributed by atoms with Crippen LogP contribution in [0.5, 0.6) is 0 Å². The van der Waals surface area contributed by atoms with Gasteiger partial charge in [-0.25, -0.2) is 10.4 Å². The number of morpholine rings is 1. The van der Waals surface area contributed by atoms with Crippen LogP contribution in [0, 0.1) is 0 Å². The third-order valence-corrected chi connectivity index (χ3v) is 4.01. The van der Waals surface area contributed by atoms with Crippen LogP contribution in [0.25, 0.3) is 10.9 Å². The lowest BCUT2D eigenvalue weighted by atomic mass is 10.2. The van der Waals surface area contributed by atoms with Crippen molar-refractivity contribution in [3.63, 3.8) is 0 Å². The Hall–Kier alpha value is -2.02. The molecule has 1 fully saturated rings. The first kappa shape index (κ1) is 15.9. The fraction of sp³-hybridized carbons (Fsp3) is 0.312. The summed E-state index contributed by atoms with van der Waals surface area (Å²) in [7, 11) is 0. The number of pyridine rings is 1. The average molecular weight is 334 g/mol. The fourth-order valence-corrected chi connectivity index (χ4v) is 2.67. The van der Waals surface area contributed by atoms with Gasteiger partial charge >= 0.3 is 0 Å². The van der Waals surface area contributed by atoms with Gasteiger partial charge in [0.2, 0.25) is 0 Å². The van der Waals surface area contributed by atoms with Crippen LogP contribution in [0.4, 0.5) is 0 Å². The largest absolute Gasteiger partial charge is 0.370 e. The Morgan fingerprint density at radius 1 is 1.39 bits per heavy atom. The number of quaternary nitrogens is 1. The number of halogens is 1. The highest BCUT2D eigenvalue weighted by atomic mass is 35.5. The molecule has 1 aliphatic heterocycles. The van der Waals surface area contributed by atoms with Gasteiger partial charge in [-0.2, -0.15) is 5.10 Å². The van der Waals surface area contributed by atoms with E-state index in [1.807, 2.05) is 30.3 Å². The van der Waals surface area contributed by atoms with E-state index in [0.29, 0.717) is 30.5 Å². The van der Waals surface area contributed by atoms with Crippen molar-refractivity contribution in [3.8, 4) is 0 Å². The van der Waals surface area contributed by atoms with Crippen molar-refractivity contribution in [2.75, 3.05) is 32.8 Å². The molecule has 1 amide bonds. The second-order valence-corrected chi connectivity index (χ2v) is 5.75. The zero-order valence-electron chi connectivity index (χ0n) is 12.6. The van der Waals surface area contributed by atoms with Crippen molar-refractivity contribution in [1.82, 2.24) is 10.4 Å². The minimum absolute atomic E-state index is 0.122. The van der Waals surface area contributed by atoms with Gasteiger partial charge in [-0.3, -0.25) is 4.79 Å². The number of hydrogen-bond acceptors (Lipinski definition) is 4. The minimum Gasteiger partial charge on any atom is -0.370 e. The van der Waals surface area contributed by atoms with Gasteiger partial charge in [-0.1, -0.05) is 29.8 Å². The Labute approximate surface area is 139 Å². The highest BCUT2D eigenvalue weighted by molar-refractivity contribution is 6.32. The van der Waals surface area contributed by atoms with Crippen LogP contribution in [-0.2, 0) is 9.53 Å². The van der Waals surface area contributed by atoms with Gasteiger partial charge < -0.3 is 9.64 Å². The quantitative estimate of drug-likeness (QED) is 0.479. The molecule has 23 heavy (non-hydrogen) atoms. The Kier molecular flexibility index (Phi) is 5.17. The molecule has 0 saturated carbocycles. The van der Waals surface area contributed by atoms with E-state index in [0.717, 1.165) is 24.0 Å². The Bertz CT molecular complexity index is 729. The number of amides is 1. The number of aromatic nitrogens is 1. The molecular formula is C16H18ClN4O2+. The van der Waals surface area contributed by atoms with E-state index in [1.54, 1.807) is 0 Å². The van der Waals surface area contributed by atoms with E-state index in [9.17, 15) is 4.79 Å². The Balaban J connectivity index is 1.61. The molecule has 2 heterocycles. The molecule has 1 aliphatic rings. The molecule has 3 rings (SSSR count). The fourth-order valence-electron chi connectivity index (χ4n) is 2.48. The summed E-state index contributed by atoms with van der Waals surface area (Å²) in [5.41, 5.74) is 4.04. The smallest absolute Gasteiger partial charge is 0.295 e. The number of rotatable bonds is 4. The summed E-state index contributed by atoms with van der Waals surface area (Å²) in [5.74, 6) is -0.122. The van der Waals surface area contributed by atoms with Crippen LogP contribution < -0.4 is 10.3 Å². The van der Waals surface area contributed by atoms with Gasteiger partial charge in [0.05, 0.1) is 24.9 Å². The van der Waals surface area contributed by atoms with Crippen molar-refractivity contribution >= 4 is 34.6 Å². The molecule has 0 unspecified atom stereocenters. The van der Waals surface area contributed by atoms with Gasteiger partial charge in [0.15, 0.2) is 6.54 Å². The first-order chi connectivity index (χ1) is 11.2. The maximum atomic E-state index is 11.9. The molecule has 120 valence electrons. The summed E-state index contributed by atoms with van der Waals surface area (Å²) in [6, 6.07) is 9.60. The number of ether oxygens (including phenoxy) is 1.